The van der Waals surface area contributed by atoms with Gasteiger partial charge in [0, 0.05) is 16.8 Å². The molecular formula is C30H26ClN5O2. The number of anilines is 1. The molecule has 0 saturated carbocycles. The molecule has 5 aromatic rings. The van der Waals surface area contributed by atoms with Crippen LogP contribution >= 0.6 is 11.6 Å². The summed E-state index contributed by atoms with van der Waals surface area (Å²) in [5, 5.41) is 8.58. The molecule has 190 valence electrons. The van der Waals surface area contributed by atoms with Gasteiger partial charge in [-0.05, 0) is 61.0 Å². The van der Waals surface area contributed by atoms with Crippen molar-refractivity contribution in [3.63, 3.8) is 0 Å². The van der Waals surface area contributed by atoms with Crippen LogP contribution in [0.25, 0.3) is 11.5 Å². The topological polar surface area (TPSA) is 64.3 Å². The van der Waals surface area contributed by atoms with Gasteiger partial charge in [0.25, 0.3) is 0 Å². The number of hydrogen-bond acceptors (Lipinski definition) is 3. The van der Waals surface area contributed by atoms with Gasteiger partial charge in [0.05, 0.1) is 42.5 Å². The van der Waals surface area contributed by atoms with E-state index in [-0.39, 0.29) is 6.03 Å². The number of fused-ring (bicyclic) bond motifs is 3. The van der Waals surface area contributed by atoms with Crippen molar-refractivity contribution in [3.8, 4) is 17.3 Å². The largest absolute Gasteiger partial charge is 0.495 e. The van der Waals surface area contributed by atoms with Crippen molar-refractivity contribution < 1.29 is 9.53 Å². The number of aromatic nitrogens is 3. The lowest BCUT2D eigenvalue weighted by Gasteiger charge is -2.31. The van der Waals surface area contributed by atoms with Gasteiger partial charge in [-0.3, -0.25) is 0 Å². The summed E-state index contributed by atoms with van der Waals surface area (Å²) in [6.45, 7) is 2.32. The third-order valence-corrected chi connectivity index (χ3v) is 7.10. The molecule has 1 N–H and O–H groups in total. The minimum absolute atomic E-state index is 0.257. The Hall–Kier alpha value is -4.49. The van der Waals surface area contributed by atoms with Crippen molar-refractivity contribution in [2.75, 3.05) is 12.4 Å². The Bertz CT molecular complexity index is 1620. The van der Waals surface area contributed by atoms with E-state index >= 15 is 0 Å². The number of para-hydroxylation sites is 3. The van der Waals surface area contributed by atoms with Gasteiger partial charge < -0.3 is 19.5 Å². The molecule has 0 radical (unpaired) electrons. The van der Waals surface area contributed by atoms with Gasteiger partial charge in [-0.15, -0.1) is 0 Å². The lowest BCUT2D eigenvalue weighted by molar-refractivity contribution is 0.194. The van der Waals surface area contributed by atoms with Crippen LogP contribution in [-0.4, -0.2) is 32.4 Å². The van der Waals surface area contributed by atoms with Crippen LogP contribution in [0.1, 0.15) is 28.6 Å². The second kappa shape index (κ2) is 9.76. The van der Waals surface area contributed by atoms with Crippen LogP contribution in [0.15, 0.2) is 97.2 Å². The molecule has 0 spiro atoms. The maximum Gasteiger partial charge on any atom is 0.323 e. The fourth-order valence-electron chi connectivity index (χ4n) is 5.11. The number of methoxy groups -OCH3 is 1. The average molecular weight is 524 g/mol. The summed E-state index contributed by atoms with van der Waals surface area (Å²) in [4.78, 5) is 15.9. The van der Waals surface area contributed by atoms with Gasteiger partial charge in [0.1, 0.15) is 11.6 Å². The van der Waals surface area contributed by atoms with Gasteiger partial charge in [-0.1, -0.05) is 54.1 Å². The molecular weight excluding hydrogens is 498 g/mol. The molecule has 3 aromatic carbocycles. The minimum Gasteiger partial charge on any atom is -0.495 e. The zero-order chi connectivity index (χ0) is 26.2. The van der Waals surface area contributed by atoms with E-state index in [0.717, 1.165) is 34.0 Å². The molecule has 0 bridgehead atoms. The van der Waals surface area contributed by atoms with Crippen molar-refractivity contribution in [2.45, 2.75) is 19.5 Å². The quantitative estimate of drug-likeness (QED) is 0.283. The fourth-order valence-corrected chi connectivity index (χ4v) is 5.31. The molecule has 1 atom stereocenters. The first kappa shape index (κ1) is 23.9. The molecule has 0 saturated heterocycles. The SMILES string of the molecule is COc1ccccc1NC(=O)N1Cc2c(C)nn(-c3ccccc3)c2-n2cccc2[C@@H]1c1cccc(Cl)c1. The maximum absolute atomic E-state index is 14.1. The first-order chi connectivity index (χ1) is 18.5. The second-order valence-corrected chi connectivity index (χ2v) is 9.59. The van der Waals surface area contributed by atoms with Crippen molar-refractivity contribution in [1.29, 1.82) is 0 Å². The Morgan fingerprint density at radius 1 is 1.00 bits per heavy atom. The first-order valence-electron chi connectivity index (χ1n) is 12.3. The number of urea groups is 1. The number of benzene rings is 3. The molecule has 2 aromatic heterocycles. The van der Waals surface area contributed by atoms with Crippen LogP contribution in [-0.2, 0) is 6.54 Å². The fraction of sp³-hybridized carbons (Fsp3) is 0.133. The molecule has 0 unspecified atom stereocenters. The molecule has 0 fully saturated rings. The summed E-state index contributed by atoms with van der Waals surface area (Å²) in [7, 11) is 1.59. The van der Waals surface area contributed by atoms with Gasteiger partial charge >= 0.3 is 6.03 Å². The second-order valence-electron chi connectivity index (χ2n) is 9.15. The zero-order valence-corrected chi connectivity index (χ0v) is 21.8. The number of ether oxygens (including phenoxy) is 1. The molecule has 1 aliphatic heterocycles. The van der Waals surface area contributed by atoms with Crippen molar-refractivity contribution in [3.05, 3.63) is 125 Å². The standard InChI is InChI=1S/C30H26ClN5O2/c1-20-24-19-35(30(37)32-25-14-6-7-16-27(25)38-2)28(21-10-8-11-22(31)18-21)26-15-9-17-34(26)29(24)36(33-20)23-12-4-3-5-13-23/h3-18,28H,19H2,1-2H3,(H,32,37)/t28-/m0/s1. The molecule has 6 rings (SSSR count). The number of rotatable bonds is 4. The van der Waals surface area contributed by atoms with Crippen molar-refractivity contribution >= 4 is 23.3 Å². The molecule has 2 amide bonds. The van der Waals surface area contributed by atoms with Crippen LogP contribution in [0.3, 0.4) is 0 Å². The zero-order valence-electron chi connectivity index (χ0n) is 21.0. The molecule has 38 heavy (non-hydrogen) atoms. The minimum atomic E-state index is -0.408. The van der Waals surface area contributed by atoms with E-state index in [4.69, 9.17) is 21.4 Å². The number of hydrogen-bond donors (Lipinski definition) is 1. The van der Waals surface area contributed by atoms with Crippen LogP contribution in [0.4, 0.5) is 10.5 Å². The van der Waals surface area contributed by atoms with E-state index in [1.54, 1.807) is 7.11 Å². The summed E-state index contributed by atoms with van der Waals surface area (Å²) in [6, 6.07) is 28.5. The highest BCUT2D eigenvalue weighted by Gasteiger charge is 2.36. The number of nitrogens with one attached hydrogen (secondary N) is 1. The molecule has 8 heteroatoms. The highest BCUT2D eigenvalue weighted by molar-refractivity contribution is 6.30. The Kier molecular flexibility index (Phi) is 6.13. The van der Waals surface area contributed by atoms with Gasteiger partial charge in [-0.25, -0.2) is 9.48 Å². The molecule has 7 nitrogen and oxygen atoms in total. The number of carbonyl (C=O) groups is 1. The number of amides is 2. The van der Waals surface area contributed by atoms with Gasteiger partial charge in [0.2, 0.25) is 0 Å². The van der Waals surface area contributed by atoms with Crippen LogP contribution in [0, 0.1) is 6.92 Å². The Morgan fingerprint density at radius 2 is 1.79 bits per heavy atom. The predicted molar refractivity (Wildman–Crippen MR) is 148 cm³/mol. The normalized spacial score (nSPS) is 14.4. The summed E-state index contributed by atoms with van der Waals surface area (Å²) >= 11 is 6.44. The highest BCUT2D eigenvalue weighted by atomic mass is 35.5. The Labute approximate surface area is 225 Å². The third kappa shape index (κ3) is 4.11. The summed E-state index contributed by atoms with van der Waals surface area (Å²) in [5.74, 6) is 1.50. The lowest BCUT2D eigenvalue weighted by atomic mass is 10.0. The van der Waals surface area contributed by atoms with E-state index in [1.165, 1.54) is 0 Å². The summed E-state index contributed by atoms with van der Waals surface area (Å²) in [5.41, 5.74) is 5.20. The first-order valence-corrected chi connectivity index (χ1v) is 12.7. The van der Waals surface area contributed by atoms with E-state index < -0.39 is 6.04 Å². The van der Waals surface area contributed by atoms with Crippen LogP contribution in [0.2, 0.25) is 5.02 Å². The van der Waals surface area contributed by atoms with E-state index in [1.807, 2.05) is 114 Å². The predicted octanol–water partition coefficient (Wildman–Crippen LogP) is 6.77. The monoisotopic (exact) mass is 523 g/mol. The van der Waals surface area contributed by atoms with Crippen LogP contribution in [0.5, 0.6) is 5.75 Å². The third-order valence-electron chi connectivity index (χ3n) is 6.86. The van der Waals surface area contributed by atoms with Gasteiger partial charge in [-0.2, -0.15) is 5.10 Å². The van der Waals surface area contributed by atoms with E-state index in [2.05, 4.69) is 9.88 Å². The maximum atomic E-state index is 14.1. The number of nitrogens with zero attached hydrogens (tertiary/aromatic N) is 4. The highest BCUT2D eigenvalue weighted by Crippen LogP contribution is 2.39. The van der Waals surface area contributed by atoms with Gasteiger partial charge in [0.15, 0.2) is 0 Å². The Morgan fingerprint density at radius 3 is 2.58 bits per heavy atom. The van der Waals surface area contributed by atoms with Crippen LogP contribution < -0.4 is 10.1 Å². The summed E-state index contributed by atoms with van der Waals surface area (Å²) < 4.78 is 9.57. The molecule has 0 aliphatic carbocycles. The molecule has 3 heterocycles. The average Bonchev–Trinajstić information content (AvgIpc) is 3.49. The molecule has 1 aliphatic rings. The number of carbonyl (C=O) groups excluding carboxylic acids is 1. The van der Waals surface area contributed by atoms with E-state index in [9.17, 15) is 4.79 Å². The summed E-state index contributed by atoms with van der Waals surface area (Å²) in [6.07, 6.45) is 2.02. The van der Waals surface area contributed by atoms with E-state index in [0.29, 0.717) is 23.0 Å². The lowest BCUT2D eigenvalue weighted by Crippen LogP contribution is -2.38. The smallest absolute Gasteiger partial charge is 0.323 e. The van der Waals surface area contributed by atoms with Crippen molar-refractivity contribution in [2.24, 2.45) is 0 Å². The Balaban J connectivity index is 1.54. The van der Waals surface area contributed by atoms with Crippen molar-refractivity contribution in [1.82, 2.24) is 19.2 Å². The number of aryl methyl sites for hydroxylation is 1. The number of halogens is 1.